The van der Waals surface area contributed by atoms with Gasteiger partial charge in [-0.2, -0.15) is 0 Å². The highest BCUT2D eigenvalue weighted by molar-refractivity contribution is 6.71. The van der Waals surface area contributed by atoms with Crippen molar-refractivity contribution in [2.24, 2.45) is 5.92 Å². The van der Waals surface area contributed by atoms with E-state index in [0.29, 0.717) is 37.1 Å². The molecule has 0 saturated carbocycles. The van der Waals surface area contributed by atoms with Crippen molar-refractivity contribution in [3.05, 3.63) is 66.2 Å². The van der Waals surface area contributed by atoms with Gasteiger partial charge in [-0.3, -0.25) is 14.5 Å². The lowest BCUT2D eigenvalue weighted by atomic mass is 9.82. The van der Waals surface area contributed by atoms with E-state index in [1.807, 2.05) is 62.5 Å². The van der Waals surface area contributed by atoms with Crippen LogP contribution in [0.1, 0.15) is 30.9 Å². The van der Waals surface area contributed by atoms with Crippen LogP contribution in [0.25, 0.3) is 0 Å². The number of hydrogen-bond donors (Lipinski definition) is 2. The first kappa shape index (κ1) is 24.9. The molecule has 3 heterocycles. The van der Waals surface area contributed by atoms with Crippen molar-refractivity contribution < 1.29 is 24.2 Å². The minimum Gasteiger partial charge on any atom is -0.432 e. The van der Waals surface area contributed by atoms with Crippen LogP contribution < -0.4 is 9.80 Å². The Balaban J connectivity index is 1.69. The molecular formula is C28H34N2O5Si. The van der Waals surface area contributed by atoms with Crippen LogP contribution in [0.5, 0.6) is 0 Å². The monoisotopic (exact) mass is 506 g/mol. The van der Waals surface area contributed by atoms with Crippen molar-refractivity contribution in [2.45, 2.75) is 56.5 Å². The number of anilines is 3. The number of benzene rings is 2. The van der Waals surface area contributed by atoms with Gasteiger partial charge in [-0.15, -0.1) is 6.58 Å². The van der Waals surface area contributed by atoms with Gasteiger partial charge >= 0.3 is 0 Å². The Morgan fingerprint density at radius 2 is 1.92 bits per heavy atom. The molecule has 2 amide bonds. The number of rotatable bonds is 6. The lowest BCUT2D eigenvalue weighted by Gasteiger charge is -2.33. The number of aliphatic hydroxyl groups excluding tert-OH is 1. The number of carbonyl (C=O) groups excluding carboxylic acids is 2. The average Bonchev–Trinajstić information content (AvgIpc) is 3.26. The van der Waals surface area contributed by atoms with E-state index in [1.54, 1.807) is 15.9 Å². The van der Waals surface area contributed by atoms with E-state index in [-0.39, 0.29) is 29.9 Å². The van der Waals surface area contributed by atoms with Gasteiger partial charge < -0.3 is 19.5 Å². The van der Waals surface area contributed by atoms with Crippen LogP contribution in [0.15, 0.2) is 55.1 Å². The summed E-state index contributed by atoms with van der Waals surface area (Å²) in [6.45, 7) is 9.77. The van der Waals surface area contributed by atoms with Crippen LogP contribution in [0.4, 0.5) is 17.1 Å². The third-order valence-electron chi connectivity index (χ3n) is 8.04. The molecule has 0 unspecified atom stereocenters. The van der Waals surface area contributed by atoms with Gasteiger partial charge in [0.2, 0.25) is 5.91 Å². The number of aryl methyl sites for hydroxylation is 1. The van der Waals surface area contributed by atoms with Crippen LogP contribution in [0.2, 0.25) is 18.6 Å². The van der Waals surface area contributed by atoms with Crippen molar-refractivity contribution in [3.8, 4) is 0 Å². The van der Waals surface area contributed by atoms with Gasteiger partial charge in [0.1, 0.15) is 0 Å². The summed E-state index contributed by atoms with van der Waals surface area (Å²) >= 11 is 0. The Kier molecular flexibility index (Phi) is 6.19. The third-order valence-corrected chi connectivity index (χ3v) is 10.5. The van der Waals surface area contributed by atoms with Crippen LogP contribution in [0.3, 0.4) is 0 Å². The summed E-state index contributed by atoms with van der Waals surface area (Å²) in [5.74, 6) is -0.493. The Morgan fingerprint density at radius 3 is 2.61 bits per heavy atom. The van der Waals surface area contributed by atoms with E-state index in [2.05, 4.69) is 6.58 Å². The minimum atomic E-state index is -2.77. The summed E-state index contributed by atoms with van der Waals surface area (Å²) in [5, 5.41) is 9.76. The molecule has 1 fully saturated rings. The summed E-state index contributed by atoms with van der Waals surface area (Å²) in [5.41, 5.74) is 2.55. The number of amides is 2. The van der Waals surface area contributed by atoms with Gasteiger partial charge in [0, 0.05) is 42.3 Å². The van der Waals surface area contributed by atoms with Crippen LogP contribution >= 0.6 is 0 Å². The van der Waals surface area contributed by atoms with E-state index in [4.69, 9.17) is 4.74 Å². The van der Waals surface area contributed by atoms with Gasteiger partial charge in [-0.25, -0.2) is 0 Å². The zero-order valence-electron chi connectivity index (χ0n) is 21.1. The number of nitrogens with zero attached hydrogens (tertiary/aromatic N) is 2. The van der Waals surface area contributed by atoms with Crippen LogP contribution in [-0.2, 0) is 26.3 Å². The standard InChI is InChI=1S/C28H34N2O5Si/c1-5-15-29-23-12-11-20(30-22-9-7-6-8-19(22)10-13-25(30)32)17-21(23)28(27(29)33)18(2)26(36(3,4)34)24(35-28)14-16-31/h5-9,11-12,17-18,24,26,31,34H,1,10,13-16H2,2-4H3/t18-,24+,26-,28+/m1/s1. The molecule has 3 aliphatic rings. The SMILES string of the molecule is C=CCN1C(=O)[C@@]2(O[C@@H](CCO)[C@H]([Si](C)(C)O)[C@H]2C)c2cc(N3C(=O)CCc4ccccc43)ccc21. The first-order valence-corrected chi connectivity index (χ1v) is 15.7. The highest BCUT2D eigenvalue weighted by atomic mass is 28.4. The molecule has 0 aliphatic carbocycles. The topological polar surface area (TPSA) is 90.3 Å². The maximum Gasteiger partial charge on any atom is 0.264 e. The first-order valence-electron chi connectivity index (χ1n) is 12.6. The van der Waals surface area contributed by atoms with Crippen molar-refractivity contribution in [1.29, 1.82) is 0 Å². The van der Waals surface area contributed by atoms with E-state index in [1.165, 1.54) is 0 Å². The molecule has 1 spiro atoms. The molecule has 8 heteroatoms. The smallest absolute Gasteiger partial charge is 0.264 e. The molecule has 36 heavy (non-hydrogen) atoms. The molecule has 0 aromatic heterocycles. The molecule has 5 rings (SSSR count). The predicted molar refractivity (Wildman–Crippen MR) is 142 cm³/mol. The number of hydrogen-bond acceptors (Lipinski definition) is 5. The number of carbonyl (C=O) groups is 2. The zero-order valence-corrected chi connectivity index (χ0v) is 22.1. The first-order chi connectivity index (χ1) is 17.1. The summed E-state index contributed by atoms with van der Waals surface area (Å²) in [4.78, 5) is 41.9. The lowest BCUT2D eigenvalue weighted by Crippen LogP contribution is -2.46. The number of fused-ring (bicyclic) bond motifs is 3. The Bertz CT molecular complexity index is 1220. The van der Waals surface area contributed by atoms with Crippen LogP contribution in [0, 0.1) is 5.92 Å². The van der Waals surface area contributed by atoms with Crippen molar-refractivity contribution in [2.75, 3.05) is 23.0 Å². The summed E-state index contributed by atoms with van der Waals surface area (Å²) in [7, 11) is -2.77. The van der Waals surface area contributed by atoms with Crippen LogP contribution in [-0.4, -0.2) is 49.3 Å². The molecule has 2 aromatic rings. The largest absolute Gasteiger partial charge is 0.432 e. The van der Waals surface area contributed by atoms with Gasteiger partial charge in [-0.1, -0.05) is 31.2 Å². The molecular weight excluding hydrogens is 472 g/mol. The van der Waals surface area contributed by atoms with Crippen molar-refractivity contribution in [1.82, 2.24) is 0 Å². The Morgan fingerprint density at radius 1 is 1.17 bits per heavy atom. The van der Waals surface area contributed by atoms with E-state index < -0.39 is 20.0 Å². The molecule has 2 N–H and O–H groups in total. The fraction of sp³-hybridized carbons (Fsp3) is 0.429. The molecule has 2 aromatic carbocycles. The van der Waals surface area contributed by atoms with Gasteiger partial charge in [-0.05, 0) is 55.8 Å². The normalized spacial score (nSPS) is 27.5. The van der Waals surface area contributed by atoms with Crippen molar-refractivity contribution in [3.63, 3.8) is 0 Å². The molecule has 3 aliphatic heterocycles. The number of ether oxygens (including phenoxy) is 1. The second-order valence-electron chi connectivity index (χ2n) is 10.6. The second-order valence-corrected chi connectivity index (χ2v) is 14.6. The molecule has 0 radical (unpaired) electrons. The van der Waals surface area contributed by atoms with E-state index in [0.717, 1.165) is 16.9 Å². The average molecular weight is 507 g/mol. The maximum atomic E-state index is 14.1. The molecule has 0 bridgehead atoms. The fourth-order valence-corrected chi connectivity index (χ4v) is 9.23. The zero-order chi connectivity index (χ0) is 25.8. The maximum absolute atomic E-state index is 14.1. The van der Waals surface area contributed by atoms with Crippen molar-refractivity contribution >= 4 is 37.2 Å². The van der Waals surface area contributed by atoms with Gasteiger partial charge in [0.15, 0.2) is 13.9 Å². The summed E-state index contributed by atoms with van der Waals surface area (Å²) < 4.78 is 6.64. The fourth-order valence-electron chi connectivity index (χ4n) is 6.62. The third kappa shape index (κ3) is 3.58. The van der Waals surface area contributed by atoms with E-state index in [9.17, 15) is 19.5 Å². The highest BCUT2D eigenvalue weighted by Crippen LogP contribution is 2.60. The molecule has 4 atom stereocenters. The predicted octanol–water partition coefficient (Wildman–Crippen LogP) is 4.01. The molecule has 190 valence electrons. The second kappa shape index (κ2) is 8.95. The Labute approximate surface area is 213 Å². The lowest BCUT2D eigenvalue weighted by molar-refractivity contribution is -0.146. The number of para-hydroxylation sites is 1. The summed E-state index contributed by atoms with van der Waals surface area (Å²) in [6.07, 6.45) is 2.70. The highest BCUT2D eigenvalue weighted by Gasteiger charge is 2.66. The van der Waals surface area contributed by atoms with Gasteiger partial charge in [0.05, 0.1) is 17.5 Å². The molecule has 7 nitrogen and oxygen atoms in total. The number of aliphatic hydroxyl groups is 1. The minimum absolute atomic E-state index is 0.00953. The molecule has 1 saturated heterocycles. The quantitative estimate of drug-likeness (QED) is 0.456. The Hall–Kier alpha value is -2.78. The summed E-state index contributed by atoms with van der Waals surface area (Å²) in [6, 6.07) is 13.6. The van der Waals surface area contributed by atoms with E-state index >= 15 is 0 Å². The van der Waals surface area contributed by atoms with Gasteiger partial charge in [0.25, 0.3) is 5.91 Å².